The molecule has 0 aromatic heterocycles. The van der Waals surface area contributed by atoms with E-state index in [4.69, 9.17) is 0 Å². The highest BCUT2D eigenvalue weighted by molar-refractivity contribution is 5.12. The fraction of sp³-hybridized carbons (Fsp3) is 1.00. The van der Waals surface area contributed by atoms with E-state index in [1.54, 1.807) is 0 Å². The molecule has 2 aliphatic carbocycles. The van der Waals surface area contributed by atoms with Gasteiger partial charge >= 0.3 is 0 Å². The quantitative estimate of drug-likeness (QED) is 0.682. The van der Waals surface area contributed by atoms with Crippen molar-refractivity contribution in [3.63, 3.8) is 0 Å². The Balaban J connectivity index is 1.91. The molecule has 0 aromatic carbocycles. The molecule has 1 heteroatoms. The van der Waals surface area contributed by atoms with Gasteiger partial charge in [-0.15, -0.1) is 0 Å². The van der Waals surface area contributed by atoms with E-state index >= 15 is 0 Å². The highest BCUT2D eigenvalue weighted by Crippen LogP contribution is 2.62. The number of unbranched alkanes of at least 4 members (excludes halogenated alkanes) is 1. The average molecular weight is 265 g/mol. The molecule has 1 nitrogen and oxygen atoms in total. The molecule has 2 unspecified atom stereocenters. The van der Waals surface area contributed by atoms with Gasteiger partial charge in [-0.05, 0) is 54.9 Å². The molecular formula is C18H35N. The summed E-state index contributed by atoms with van der Waals surface area (Å²) in [6.45, 7) is 13.5. The van der Waals surface area contributed by atoms with Crippen LogP contribution in [0.15, 0.2) is 0 Å². The molecule has 0 heterocycles. The third kappa shape index (κ3) is 2.86. The normalized spacial score (nSPS) is 37.7. The van der Waals surface area contributed by atoms with E-state index in [1.165, 1.54) is 51.5 Å². The van der Waals surface area contributed by atoms with Crippen molar-refractivity contribution < 1.29 is 0 Å². The third-order valence-electron chi connectivity index (χ3n) is 6.42. The van der Waals surface area contributed by atoms with Crippen molar-refractivity contribution in [3.05, 3.63) is 0 Å². The fourth-order valence-electron chi connectivity index (χ4n) is 5.04. The first kappa shape index (κ1) is 15.4. The van der Waals surface area contributed by atoms with Crippen LogP contribution in [-0.2, 0) is 0 Å². The molecule has 2 fully saturated rings. The van der Waals surface area contributed by atoms with E-state index < -0.39 is 0 Å². The minimum atomic E-state index is 0.510. The van der Waals surface area contributed by atoms with E-state index in [1.807, 2.05) is 0 Å². The highest BCUT2D eigenvalue weighted by atomic mass is 15.0. The van der Waals surface area contributed by atoms with Crippen molar-refractivity contribution >= 4 is 0 Å². The molecule has 0 aliphatic heterocycles. The summed E-state index contributed by atoms with van der Waals surface area (Å²) >= 11 is 0. The van der Waals surface area contributed by atoms with Crippen molar-refractivity contribution in [2.45, 2.75) is 85.6 Å². The first-order valence-corrected chi connectivity index (χ1v) is 8.67. The maximum absolute atomic E-state index is 4.00. The van der Waals surface area contributed by atoms with Crippen LogP contribution in [0.5, 0.6) is 0 Å². The summed E-state index contributed by atoms with van der Waals surface area (Å²) in [4.78, 5) is 0. The van der Waals surface area contributed by atoms with E-state index in [0.29, 0.717) is 10.8 Å². The van der Waals surface area contributed by atoms with Gasteiger partial charge in [0.2, 0.25) is 0 Å². The van der Waals surface area contributed by atoms with Gasteiger partial charge in [-0.1, -0.05) is 53.9 Å². The molecule has 4 atom stereocenters. The molecule has 0 spiro atoms. The Morgan fingerprint density at radius 1 is 1.21 bits per heavy atom. The lowest BCUT2D eigenvalue weighted by molar-refractivity contribution is 0.104. The largest absolute Gasteiger partial charge is 0.313 e. The first-order chi connectivity index (χ1) is 8.94. The first-order valence-electron chi connectivity index (χ1n) is 8.67. The minimum absolute atomic E-state index is 0.510. The van der Waals surface area contributed by atoms with Crippen LogP contribution >= 0.6 is 0 Å². The van der Waals surface area contributed by atoms with Crippen LogP contribution in [0.4, 0.5) is 0 Å². The monoisotopic (exact) mass is 265 g/mol. The molecule has 2 rings (SSSR count). The molecular weight excluding hydrogens is 230 g/mol. The lowest BCUT2D eigenvalue weighted by Gasteiger charge is -2.44. The van der Waals surface area contributed by atoms with Crippen LogP contribution in [0, 0.1) is 22.7 Å². The van der Waals surface area contributed by atoms with E-state index in [-0.39, 0.29) is 0 Å². The van der Waals surface area contributed by atoms with Gasteiger partial charge in [-0.3, -0.25) is 0 Å². The topological polar surface area (TPSA) is 12.0 Å². The Hall–Kier alpha value is -0.0400. The van der Waals surface area contributed by atoms with Gasteiger partial charge in [0, 0.05) is 6.04 Å². The fourth-order valence-corrected chi connectivity index (χ4v) is 5.04. The Labute approximate surface area is 120 Å². The van der Waals surface area contributed by atoms with Crippen molar-refractivity contribution in [3.8, 4) is 0 Å². The van der Waals surface area contributed by atoms with Gasteiger partial charge < -0.3 is 5.32 Å². The Kier molecular flexibility index (Phi) is 4.65. The number of nitrogens with one attached hydrogen (secondary N) is 1. The summed E-state index contributed by atoms with van der Waals surface area (Å²) in [5, 5.41) is 4.00. The highest BCUT2D eigenvalue weighted by Gasteiger charge is 2.58. The summed E-state index contributed by atoms with van der Waals surface area (Å²) < 4.78 is 0. The van der Waals surface area contributed by atoms with E-state index in [9.17, 15) is 0 Å². The van der Waals surface area contributed by atoms with Gasteiger partial charge in [0.1, 0.15) is 0 Å². The van der Waals surface area contributed by atoms with Crippen LogP contribution < -0.4 is 5.32 Å². The molecule has 0 aromatic rings. The van der Waals surface area contributed by atoms with Crippen LogP contribution in [0.25, 0.3) is 0 Å². The molecule has 2 saturated carbocycles. The van der Waals surface area contributed by atoms with Gasteiger partial charge in [0.25, 0.3) is 0 Å². The second kappa shape index (κ2) is 5.76. The Morgan fingerprint density at radius 3 is 2.47 bits per heavy atom. The van der Waals surface area contributed by atoms with Crippen LogP contribution in [0.2, 0.25) is 0 Å². The standard InChI is InChI=1S/C18H35N/c1-6-8-9-14(7-2)13-19-16-17(3,4)15-10-11-18(16,5)12-15/h14-16,19H,6-13H2,1-5H3/t14?,15-,16?,18+/m0/s1. The van der Waals surface area contributed by atoms with E-state index in [0.717, 1.165) is 17.9 Å². The SMILES string of the molecule is CCCCC(CC)CNC1C(C)(C)[C@H]2CC[C@]1(C)C2. The second-order valence-corrected chi connectivity index (χ2v) is 8.17. The minimum Gasteiger partial charge on any atom is -0.313 e. The van der Waals surface area contributed by atoms with Crippen LogP contribution in [0.3, 0.4) is 0 Å². The molecule has 0 amide bonds. The molecule has 1 N–H and O–H groups in total. The van der Waals surface area contributed by atoms with Crippen molar-refractivity contribution in [2.24, 2.45) is 22.7 Å². The van der Waals surface area contributed by atoms with Crippen molar-refractivity contribution in [1.82, 2.24) is 5.32 Å². The van der Waals surface area contributed by atoms with Gasteiger partial charge in [-0.2, -0.15) is 0 Å². The van der Waals surface area contributed by atoms with Gasteiger partial charge in [-0.25, -0.2) is 0 Å². The van der Waals surface area contributed by atoms with Crippen molar-refractivity contribution in [2.75, 3.05) is 6.54 Å². The zero-order valence-corrected chi connectivity index (χ0v) is 13.9. The number of rotatable bonds is 7. The zero-order chi connectivity index (χ0) is 14.1. The van der Waals surface area contributed by atoms with Gasteiger partial charge in [0.15, 0.2) is 0 Å². The summed E-state index contributed by atoms with van der Waals surface area (Å²) in [6.07, 6.45) is 9.86. The molecule has 2 bridgehead atoms. The third-order valence-corrected chi connectivity index (χ3v) is 6.42. The maximum atomic E-state index is 4.00. The Morgan fingerprint density at radius 2 is 1.95 bits per heavy atom. The predicted octanol–water partition coefficient (Wildman–Crippen LogP) is 5.01. The van der Waals surface area contributed by atoms with Gasteiger partial charge in [0.05, 0.1) is 0 Å². The number of hydrogen-bond acceptors (Lipinski definition) is 1. The smallest absolute Gasteiger partial charge is 0.0175 e. The predicted molar refractivity (Wildman–Crippen MR) is 84.3 cm³/mol. The second-order valence-electron chi connectivity index (χ2n) is 8.17. The van der Waals surface area contributed by atoms with Crippen LogP contribution in [-0.4, -0.2) is 12.6 Å². The molecule has 19 heavy (non-hydrogen) atoms. The summed E-state index contributed by atoms with van der Waals surface area (Å²) in [6, 6.07) is 0.745. The molecule has 0 radical (unpaired) electrons. The summed E-state index contributed by atoms with van der Waals surface area (Å²) in [5.74, 6) is 1.85. The lowest BCUT2D eigenvalue weighted by Crippen LogP contribution is -2.51. The lowest BCUT2D eigenvalue weighted by atomic mass is 9.68. The van der Waals surface area contributed by atoms with E-state index in [2.05, 4.69) is 39.9 Å². The van der Waals surface area contributed by atoms with Crippen LogP contribution in [0.1, 0.15) is 79.6 Å². The average Bonchev–Trinajstić information content (AvgIpc) is 2.83. The summed E-state index contributed by atoms with van der Waals surface area (Å²) in [5.41, 5.74) is 1.09. The Bertz CT molecular complexity index is 291. The number of fused-ring (bicyclic) bond motifs is 2. The molecule has 2 aliphatic rings. The maximum Gasteiger partial charge on any atom is 0.0175 e. The van der Waals surface area contributed by atoms with Crippen molar-refractivity contribution in [1.29, 1.82) is 0 Å². The zero-order valence-electron chi connectivity index (χ0n) is 13.9. The number of hydrogen-bond donors (Lipinski definition) is 1. The summed E-state index contributed by atoms with van der Waals surface area (Å²) in [7, 11) is 0. The molecule has 0 saturated heterocycles. The molecule has 112 valence electrons.